The second-order valence-corrected chi connectivity index (χ2v) is 5.72. The van der Waals surface area contributed by atoms with Crippen LogP contribution in [0.1, 0.15) is 17.2 Å². The molecular formula is C18H14ClFN2O3. The third-order valence-corrected chi connectivity index (χ3v) is 4.16. The molecule has 1 aliphatic rings. The fourth-order valence-corrected chi connectivity index (χ4v) is 3.00. The average Bonchev–Trinajstić information content (AvgIpc) is 2.61. The Labute approximate surface area is 148 Å². The van der Waals surface area contributed by atoms with Crippen LogP contribution in [0.5, 0.6) is 0 Å². The molecule has 1 unspecified atom stereocenters. The molecule has 25 heavy (non-hydrogen) atoms. The Kier molecular flexibility index (Phi) is 4.72. The van der Waals surface area contributed by atoms with Gasteiger partial charge < -0.3 is 15.4 Å². The van der Waals surface area contributed by atoms with E-state index in [9.17, 15) is 14.0 Å². The van der Waals surface area contributed by atoms with E-state index in [4.69, 9.17) is 16.3 Å². The highest BCUT2D eigenvalue weighted by molar-refractivity contribution is 6.31. The maximum Gasteiger partial charge on any atom is 0.338 e. The summed E-state index contributed by atoms with van der Waals surface area (Å²) in [5, 5.41) is 5.24. The average molecular weight is 361 g/mol. The van der Waals surface area contributed by atoms with Crippen LogP contribution in [0.4, 0.5) is 9.18 Å². The van der Waals surface area contributed by atoms with Crippen LogP contribution in [0.3, 0.4) is 0 Å². The zero-order valence-electron chi connectivity index (χ0n) is 13.2. The first-order valence-corrected chi connectivity index (χ1v) is 7.80. The van der Waals surface area contributed by atoms with E-state index in [1.165, 1.54) is 25.3 Å². The van der Waals surface area contributed by atoms with Gasteiger partial charge in [-0.1, -0.05) is 48.0 Å². The Morgan fingerprint density at radius 1 is 1.16 bits per heavy atom. The number of hydrogen-bond donors (Lipinski definition) is 2. The Hall–Kier alpha value is -2.86. The van der Waals surface area contributed by atoms with Gasteiger partial charge in [-0.2, -0.15) is 0 Å². The summed E-state index contributed by atoms with van der Waals surface area (Å²) in [4.78, 5) is 24.6. The van der Waals surface area contributed by atoms with Crippen molar-refractivity contribution in [3.05, 3.63) is 76.1 Å². The van der Waals surface area contributed by atoms with Crippen molar-refractivity contribution in [2.24, 2.45) is 0 Å². The van der Waals surface area contributed by atoms with Crippen LogP contribution in [-0.2, 0) is 9.53 Å². The predicted molar refractivity (Wildman–Crippen MR) is 91.2 cm³/mol. The summed E-state index contributed by atoms with van der Waals surface area (Å²) < 4.78 is 19.3. The highest BCUT2D eigenvalue weighted by Crippen LogP contribution is 2.36. The van der Waals surface area contributed by atoms with Gasteiger partial charge in [0.1, 0.15) is 5.82 Å². The molecule has 128 valence electrons. The summed E-state index contributed by atoms with van der Waals surface area (Å²) in [6.07, 6.45) is 0. The lowest BCUT2D eigenvalue weighted by Gasteiger charge is -2.30. The van der Waals surface area contributed by atoms with Crippen molar-refractivity contribution >= 4 is 29.3 Å². The predicted octanol–water partition coefficient (Wildman–Crippen LogP) is 3.42. The monoisotopic (exact) mass is 360 g/mol. The molecule has 0 fully saturated rings. The zero-order valence-corrected chi connectivity index (χ0v) is 13.9. The lowest BCUT2D eigenvalue weighted by Crippen LogP contribution is -2.45. The summed E-state index contributed by atoms with van der Waals surface area (Å²) in [6, 6.07) is 11.3. The number of hydrogen-bond acceptors (Lipinski definition) is 3. The van der Waals surface area contributed by atoms with Crippen LogP contribution in [0, 0.1) is 5.82 Å². The summed E-state index contributed by atoms with van der Waals surface area (Å²) in [6.45, 7) is 0. The molecule has 2 amide bonds. The Morgan fingerprint density at radius 3 is 2.52 bits per heavy atom. The number of carbonyl (C=O) groups excluding carboxylic acids is 2. The molecule has 2 aromatic carbocycles. The molecule has 3 rings (SSSR count). The highest BCUT2D eigenvalue weighted by Gasteiger charge is 2.36. The van der Waals surface area contributed by atoms with Crippen molar-refractivity contribution in [3.63, 3.8) is 0 Å². The summed E-state index contributed by atoms with van der Waals surface area (Å²) >= 11 is 6.13. The molecule has 5 nitrogen and oxygen atoms in total. The van der Waals surface area contributed by atoms with E-state index in [0.29, 0.717) is 5.56 Å². The molecule has 0 bridgehead atoms. The highest BCUT2D eigenvalue weighted by atomic mass is 35.5. The van der Waals surface area contributed by atoms with Gasteiger partial charge in [0, 0.05) is 10.6 Å². The summed E-state index contributed by atoms with van der Waals surface area (Å²) in [5.74, 6) is -1.33. The third kappa shape index (κ3) is 3.21. The van der Waals surface area contributed by atoms with Gasteiger partial charge in [-0.15, -0.1) is 0 Å². The quantitative estimate of drug-likeness (QED) is 0.824. The number of esters is 1. The number of halogens is 2. The molecule has 0 radical (unpaired) electrons. The molecule has 0 saturated heterocycles. The van der Waals surface area contributed by atoms with Crippen LogP contribution < -0.4 is 10.6 Å². The first-order chi connectivity index (χ1) is 12.0. The minimum Gasteiger partial charge on any atom is -0.466 e. The molecule has 2 N–H and O–H groups in total. The van der Waals surface area contributed by atoms with Gasteiger partial charge >= 0.3 is 12.0 Å². The number of carbonyl (C=O) groups is 2. The van der Waals surface area contributed by atoms with E-state index >= 15 is 0 Å². The maximum atomic E-state index is 14.4. The molecule has 0 saturated carbocycles. The van der Waals surface area contributed by atoms with Crippen LogP contribution in [0.25, 0.3) is 5.70 Å². The lowest BCUT2D eigenvalue weighted by atomic mass is 9.92. The Bertz CT molecular complexity index is 848. The number of urea groups is 1. The van der Waals surface area contributed by atoms with Gasteiger partial charge in [-0.05, 0) is 17.7 Å². The number of nitrogens with one attached hydrogen (secondary N) is 2. The standard InChI is InChI=1S/C18H14ClFN2O3/c1-25-17(23)14-15(10-6-3-2-4-7-10)21-18(24)22-16(14)13-11(19)8-5-9-12(13)20/h2-9,16H,1H3,(H2,21,22,24). The second kappa shape index (κ2) is 6.94. The van der Waals surface area contributed by atoms with E-state index in [1.54, 1.807) is 30.3 Å². The van der Waals surface area contributed by atoms with Gasteiger partial charge in [0.25, 0.3) is 0 Å². The molecule has 2 aromatic rings. The summed E-state index contributed by atoms with van der Waals surface area (Å²) in [5.41, 5.74) is 0.920. The molecule has 7 heteroatoms. The third-order valence-electron chi connectivity index (χ3n) is 3.83. The van der Waals surface area contributed by atoms with Gasteiger partial charge in [0.2, 0.25) is 0 Å². The SMILES string of the molecule is COC(=O)C1=C(c2ccccc2)NC(=O)NC1c1c(F)cccc1Cl. The Balaban J connectivity index is 2.26. The summed E-state index contributed by atoms with van der Waals surface area (Å²) in [7, 11) is 1.22. The lowest BCUT2D eigenvalue weighted by molar-refractivity contribution is -0.136. The van der Waals surface area contributed by atoms with Crippen LogP contribution in [0.2, 0.25) is 5.02 Å². The molecule has 1 aliphatic heterocycles. The molecule has 0 aliphatic carbocycles. The first-order valence-electron chi connectivity index (χ1n) is 7.42. The maximum absolute atomic E-state index is 14.4. The van der Waals surface area contributed by atoms with Crippen LogP contribution in [-0.4, -0.2) is 19.1 Å². The van der Waals surface area contributed by atoms with E-state index < -0.39 is 23.9 Å². The number of rotatable bonds is 3. The van der Waals surface area contributed by atoms with E-state index in [2.05, 4.69) is 10.6 Å². The van der Waals surface area contributed by atoms with E-state index in [-0.39, 0.29) is 21.9 Å². The second-order valence-electron chi connectivity index (χ2n) is 5.31. The van der Waals surface area contributed by atoms with Crippen molar-refractivity contribution < 1.29 is 18.7 Å². The number of amides is 2. The van der Waals surface area contributed by atoms with Gasteiger partial charge in [0.05, 0.1) is 24.4 Å². The minimum atomic E-state index is -1.08. The largest absolute Gasteiger partial charge is 0.466 e. The van der Waals surface area contributed by atoms with Gasteiger partial charge in [-0.25, -0.2) is 14.0 Å². The normalized spacial score (nSPS) is 16.9. The van der Waals surface area contributed by atoms with Crippen molar-refractivity contribution in [1.29, 1.82) is 0 Å². The smallest absolute Gasteiger partial charge is 0.338 e. The molecular weight excluding hydrogens is 347 g/mol. The van der Waals surface area contributed by atoms with Crippen molar-refractivity contribution in [2.75, 3.05) is 7.11 Å². The van der Waals surface area contributed by atoms with Crippen LogP contribution >= 0.6 is 11.6 Å². The van der Waals surface area contributed by atoms with Crippen molar-refractivity contribution in [3.8, 4) is 0 Å². The molecule has 1 heterocycles. The van der Waals surface area contributed by atoms with Crippen molar-refractivity contribution in [2.45, 2.75) is 6.04 Å². The minimum absolute atomic E-state index is 0.00727. The first kappa shape index (κ1) is 17.0. The Morgan fingerprint density at radius 2 is 1.88 bits per heavy atom. The van der Waals surface area contributed by atoms with Crippen LogP contribution in [0.15, 0.2) is 54.1 Å². The molecule has 0 aromatic heterocycles. The van der Waals surface area contributed by atoms with Crippen molar-refractivity contribution in [1.82, 2.24) is 10.6 Å². The fourth-order valence-electron chi connectivity index (χ4n) is 2.73. The topological polar surface area (TPSA) is 67.4 Å². The van der Waals surface area contributed by atoms with Gasteiger partial charge in [0.15, 0.2) is 0 Å². The van der Waals surface area contributed by atoms with E-state index in [1.807, 2.05) is 0 Å². The number of methoxy groups -OCH3 is 1. The number of ether oxygens (including phenoxy) is 1. The van der Waals surface area contributed by atoms with E-state index in [0.717, 1.165) is 0 Å². The van der Waals surface area contributed by atoms with Gasteiger partial charge in [-0.3, -0.25) is 0 Å². The molecule has 1 atom stereocenters. The fraction of sp³-hybridized carbons (Fsp3) is 0.111. The molecule has 0 spiro atoms. The zero-order chi connectivity index (χ0) is 18.0. The number of benzene rings is 2.